The second-order valence-corrected chi connectivity index (χ2v) is 8.11. The maximum Gasteiger partial charge on any atom is 0.263 e. The fourth-order valence-electron chi connectivity index (χ4n) is 3.75. The van der Waals surface area contributed by atoms with Crippen LogP contribution in [0.3, 0.4) is 0 Å². The van der Waals surface area contributed by atoms with Gasteiger partial charge in [-0.2, -0.15) is 10.1 Å². The Bertz CT molecular complexity index is 1210. The maximum absolute atomic E-state index is 13.1. The van der Waals surface area contributed by atoms with Gasteiger partial charge in [-0.05, 0) is 36.9 Å². The van der Waals surface area contributed by atoms with E-state index in [4.69, 9.17) is 4.52 Å². The van der Waals surface area contributed by atoms with Gasteiger partial charge in [-0.3, -0.25) is 14.6 Å². The smallest absolute Gasteiger partial charge is 0.263 e. The summed E-state index contributed by atoms with van der Waals surface area (Å²) in [6.07, 6.45) is 1.94. The number of hydrogen-bond donors (Lipinski definition) is 0. The molecular formula is C21H18N6O3S. The van der Waals surface area contributed by atoms with Crippen molar-refractivity contribution in [1.29, 1.82) is 0 Å². The molecule has 9 nitrogen and oxygen atoms in total. The first kappa shape index (κ1) is 19.4. The second kappa shape index (κ2) is 7.62. The molecule has 2 aliphatic rings. The molecule has 0 saturated carbocycles. The lowest BCUT2D eigenvalue weighted by Gasteiger charge is -2.19. The lowest BCUT2D eigenvalue weighted by atomic mass is 10.1. The van der Waals surface area contributed by atoms with E-state index in [2.05, 4.69) is 20.5 Å². The standard InChI is InChI=1S/C21H18N6O3S/c1-12-6-3-4-9-15(12)19-22-16(30-24-19)11-26-18-17(23-25-26)20(28)27(21(18)29)13-7-5-8-14(10-13)31-2/h3-10,17-18H,11H2,1-2H3/t17-,18-/m0/s1. The minimum Gasteiger partial charge on any atom is -0.337 e. The normalized spacial score (nSPS) is 20.1. The first-order valence-electron chi connectivity index (χ1n) is 9.64. The fraction of sp³-hybridized carbons (Fsp3) is 0.238. The number of carbonyl (C=O) groups is 2. The third-order valence-electron chi connectivity index (χ3n) is 5.32. The van der Waals surface area contributed by atoms with Crippen LogP contribution in [-0.4, -0.2) is 45.3 Å². The van der Waals surface area contributed by atoms with Crippen molar-refractivity contribution < 1.29 is 14.1 Å². The highest BCUT2D eigenvalue weighted by Crippen LogP contribution is 2.34. The molecule has 1 fully saturated rings. The van der Waals surface area contributed by atoms with Crippen molar-refractivity contribution in [2.24, 2.45) is 10.3 Å². The molecule has 0 aliphatic carbocycles. The number of nitrogens with zero attached hydrogens (tertiary/aromatic N) is 6. The Morgan fingerprint density at radius 1 is 1.10 bits per heavy atom. The van der Waals surface area contributed by atoms with Crippen molar-refractivity contribution in [2.75, 3.05) is 11.2 Å². The van der Waals surface area contributed by atoms with Gasteiger partial charge in [0.1, 0.15) is 6.54 Å². The van der Waals surface area contributed by atoms with Crippen LogP contribution in [-0.2, 0) is 16.1 Å². The first-order valence-corrected chi connectivity index (χ1v) is 10.9. The number of fused-ring (bicyclic) bond motifs is 1. The number of thioether (sulfide) groups is 1. The minimum absolute atomic E-state index is 0.0846. The third kappa shape index (κ3) is 3.28. The number of carbonyl (C=O) groups excluding carboxylic acids is 2. The van der Waals surface area contributed by atoms with E-state index in [0.717, 1.165) is 16.0 Å². The summed E-state index contributed by atoms with van der Waals surface area (Å²) in [5, 5.41) is 13.6. The molecule has 0 spiro atoms. The fourth-order valence-corrected chi connectivity index (χ4v) is 4.20. The average Bonchev–Trinajstić information content (AvgIpc) is 3.47. The molecule has 0 N–H and O–H groups in total. The van der Waals surface area contributed by atoms with Gasteiger partial charge in [0.2, 0.25) is 11.7 Å². The molecule has 0 radical (unpaired) electrons. The largest absolute Gasteiger partial charge is 0.337 e. The van der Waals surface area contributed by atoms with Crippen LogP contribution in [0.4, 0.5) is 5.69 Å². The monoisotopic (exact) mass is 434 g/mol. The molecule has 5 rings (SSSR count). The highest BCUT2D eigenvalue weighted by Gasteiger charge is 2.55. The summed E-state index contributed by atoms with van der Waals surface area (Å²) in [6, 6.07) is 13.3. The lowest BCUT2D eigenvalue weighted by molar-refractivity contribution is -0.123. The predicted molar refractivity (Wildman–Crippen MR) is 113 cm³/mol. The Kier molecular flexibility index (Phi) is 4.78. The van der Waals surface area contributed by atoms with Gasteiger partial charge >= 0.3 is 0 Å². The third-order valence-corrected chi connectivity index (χ3v) is 6.05. The Morgan fingerprint density at radius 3 is 2.74 bits per heavy atom. The van der Waals surface area contributed by atoms with E-state index in [1.165, 1.54) is 9.91 Å². The van der Waals surface area contributed by atoms with Gasteiger partial charge < -0.3 is 4.52 Å². The van der Waals surface area contributed by atoms with Gasteiger partial charge in [-0.15, -0.1) is 11.8 Å². The van der Waals surface area contributed by atoms with Crippen molar-refractivity contribution in [1.82, 2.24) is 15.1 Å². The van der Waals surface area contributed by atoms with E-state index in [1.807, 2.05) is 55.6 Å². The summed E-state index contributed by atoms with van der Waals surface area (Å²) in [7, 11) is 0. The second-order valence-electron chi connectivity index (χ2n) is 7.23. The molecule has 0 bridgehead atoms. The molecule has 156 valence electrons. The summed E-state index contributed by atoms with van der Waals surface area (Å²) in [5.74, 6) is 0.00794. The Balaban J connectivity index is 1.37. The van der Waals surface area contributed by atoms with Gasteiger partial charge in [0, 0.05) is 10.5 Å². The molecule has 1 aromatic heterocycles. The Labute approximate surface area is 182 Å². The highest BCUT2D eigenvalue weighted by molar-refractivity contribution is 7.98. The van der Waals surface area contributed by atoms with Gasteiger partial charge in [0.25, 0.3) is 11.8 Å². The molecule has 2 aliphatic heterocycles. The van der Waals surface area contributed by atoms with Crippen LogP contribution in [0.2, 0.25) is 0 Å². The summed E-state index contributed by atoms with van der Waals surface area (Å²) in [6.45, 7) is 2.05. The molecule has 2 atom stereocenters. The van der Waals surface area contributed by atoms with E-state index in [-0.39, 0.29) is 18.4 Å². The minimum atomic E-state index is -0.871. The predicted octanol–water partition coefficient (Wildman–Crippen LogP) is 3.26. The number of benzene rings is 2. The van der Waals surface area contributed by atoms with Crippen LogP contribution in [0.25, 0.3) is 11.4 Å². The van der Waals surface area contributed by atoms with E-state index < -0.39 is 12.1 Å². The molecule has 0 unspecified atom stereocenters. The Hall–Kier alpha value is -3.53. The van der Waals surface area contributed by atoms with Crippen LogP contribution < -0.4 is 4.90 Å². The molecule has 3 heterocycles. The average molecular weight is 434 g/mol. The number of imide groups is 1. The molecule has 2 aromatic carbocycles. The van der Waals surface area contributed by atoms with E-state index >= 15 is 0 Å². The summed E-state index contributed by atoms with van der Waals surface area (Å²) >= 11 is 1.54. The van der Waals surface area contributed by atoms with Crippen molar-refractivity contribution in [3.05, 3.63) is 60.0 Å². The van der Waals surface area contributed by atoms with E-state index in [0.29, 0.717) is 17.4 Å². The SMILES string of the molecule is CSc1cccc(N2C(=O)[C@H]3N=NN(Cc4nc(-c5ccccc5C)no4)[C@@H]3C2=O)c1. The van der Waals surface area contributed by atoms with Crippen LogP contribution in [0, 0.1) is 6.92 Å². The van der Waals surface area contributed by atoms with Gasteiger partial charge in [-0.1, -0.05) is 40.7 Å². The van der Waals surface area contributed by atoms with E-state index in [1.54, 1.807) is 17.8 Å². The lowest BCUT2D eigenvalue weighted by Crippen LogP contribution is -2.39. The quantitative estimate of drug-likeness (QED) is 0.448. The van der Waals surface area contributed by atoms with E-state index in [9.17, 15) is 9.59 Å². The number of anilines is 1. The molecule has 10 heteroatoms. The molecule has 31 heavy (non-hydrogen) atoms. The maximum atomic E-state index is 13.1. The topological polar surface area (TPSA) is 104 Å². The number of hydrogen-bond acceptors (Lipinski definition) is 9. The zero-order chi connectivity index (χ0) is 21.5. The number of aryl methyl sites for hydroxylation is 1. The van der Waals surface area contributed by atoms with Crippen molar-refractivity contribution >= 4 is 29.3 Å². The summed E-state index contributed by atoms with van der Waals surface area (Å²) in [5.41, 5.74) is 2.42. The van der Waals surface area contributed by atoms with Gasteiger partial charge in [0.05, 0.1) is 5.69 Å². The van der Waals surface area contributed by atoms with Crippen molar-refractivity contribution in [2.45, 2.75) is 30.4 Å². The molecule has 2 amide bonds. The summed E-state index contributed by atoms with van der Waals surface area (Å²) < 4.78 is 5.37. The molecular weight excluding hydrogens is 416 g/mol. The van der Waals surface area contributed by atoms with Crippen LogP contribution in [0.1, 0.15) is 11.5 Å². The van der Waals surface area contributed by atoms with Crippen LogP contribution in [0.15, 0.2) is 68.3 Å². The van der Waals surface area contributed by atoms with Crippen LogP contribution >= 0.6 is 11.8 Å². The number of aromatic nitrogens is 2. The number of amides is 2. The zero-order valence-corrected chi connectivity index (χ0v) is 17.6. The number of rotatable bonds is 5. The van der Waals surface area contributed by atoms with Crippen molar-refractivity contribution in [3.63, 3.8) is 0 Å². The van der Waals surface area contributed by atoms with Gasteiger partial charge in [0.15, 0.2) is 12.1 Å². The highest BCUT2D eigenvalue weighted by atomic mass is 32.2. The zero-order valence-electron chi connectivity index (χ0n) is 16.8. The van der Waals surface area contributed by atoms with Crippen molar-refractivity contribution in [3.8, 4) is 11.4 Å². The van der Waals surface area contributed by atoms with Crippen LogP contribution in [0.5, 0.6) is 0 Å². The first-order chi connectivity index (χ1) is 15.1. The van der Waals surface area contributed by atoms with Gasteiger partial charge in [-0.25, -0.2) is 4.90 Å². The molecule has 1 saturated heterocycles. The molecule has 3 aromatic rings. The summed E-state index contributed by atoms with van der Waals surface area (Å²) in [4.78, 5) is 32.6. The Morgan fingerprint density at radius 2 is 1.94 bits per heavy atom.